The highest BCUT2D eigenvalue weighted by Crippen LogP contribution is 2.39. The number of amides is 2. The molecule has 0 saturated heterocycles. The lowest BCUT2D eigenvalue weighted by Crippen LogP contribution is -2.25. The van der Waals surface area contributed by atoms with Crippen molar-refractivity contribution in [3.8, 4) is 34.4 Å². The third-order valence-corrected chi connectivity index (χ3v) is 8.06. The van der Waals surface area contributed by atoms with Gasteiger partial charge in [0.25, 0.3) is 5.91 Å². The van der Waals surface area contributed by atoms with E-state index in [0.29, 0.717) is 54.3 Å². The number of hydrogen-bond donors (Lipinski definition) is 2. The Labute approximate surface area is 295 Å². The van der Waals surface area contributed by atoms with E-state index in [1.807, 2.05) is 20.8 Å². The number of thioether (sulfide) groups is 1. The Morgan fingerprint density at radius 3 is 2.16 bits per heavy atom. The maximum atomic E-state index is 13.5. The molecule has 2 amide bonds. The molecule has 17 heteroatoms. The Morgan fingerprint density at radius 1 is 0.880 bits per heavy atom. The third-order valence-electron chi connectivity index (χ3n) is 6.81. The first-order valence-electron chi connectivity index (χ1n) is 15.2. The molecule has 4 rings (SSSR count). The number of anilines is 1. The molecule has 1 heterocycles. The van der Waals surface area contributed by atoms with Crippen molar-refractivity contribution in [2.75, 3.05) is 45.1 Å². The van der Waals surface area contributed by atoms with E-state index in [-0.39, 0.29) is 39.6 Å². The number of methoxy groups -OCH3 is 2. The SMILES string of the molecule is CCOc1cc(C(=O)NCc2nnc(SCC(=O)Nc3cc(C(F)(F)F)ccc3Cl)n2-c2cc(OC)ccc2OC)cc(OCC)c1OCC. The molecule has 1 aromatic heterocycles. The second-order valence-electron chi connectivity index (χ2n) is 10.1. The first-order valence-corrected chi connectivity index (χ1v) is 16.6. The molecule has 3 aromatic carbocycles. The summed E-state index contributed by atoms with van der Waals surface area (Å²) >= 11 is 7.00. The van der Waals surface area contributed by atoms with E-state index in [0.717, 1.165) is 30.0 Å². The second kappa shape index (κ2) is 17.2. The smallest absolute Gasteiger partial charge is 0.416 e. The number of alkyl halides is 3. The molecule has 268 valence electrons. The fourth-order valence-corrected chi connectivity index (χ4v) is 5.55. The molecule has 0 radical (unpaired) electrons. The quantitative estimate of drug-likeness (QED) is 0.118. The number of nitrogens with zero attached hydrogens (tertiary/aromatic N) is 3. The minimum absolute atomic E-state index is 0.0621. The third kappa shape index (κ3) is 9.24. The molecule has 12 nitrogen and oxygen atoms in total. The molecule has 50 heavy (non-hydrogen) atoms. The molecule has 0 aliphatic heterocycles. The lowest BCUT2D eigenvalue weighted by Gasteiger charge is -2.17. The number of carbonyl (C=O) groups is 2. The van der Waals surface area contributed by atoms with Crippen LogP contribution in [0.25, 0.3) is 5.69 Å². The predicted octanol–water partition coefficient (Wildman–Crippen LogP) is 6.81. The summed E-state index contributed by atoms with van der Waals surface area (Å²) in [7, 11) is 2.95. The van der Waals surface area contributed by atoms with Crippen LogP contribution in [-0.2, 0) is 17.5 Å². The lowest BCUT2D eigenvalue weighted by atomic mass is 10.1. The van der Waals surface area contributed by atoms with Crippen LogP contribution >= 0.6 is 23.4 Å². The first kappa shape index (κ1) is 38.0. The minimum atomic E-state index is -4.62. The number of rotatable bonds is 16. The Kier molecular flexibility index (Phi) is 13.1. The summed E-state index contributed by atoms with van der Waals surface area (Å²) in [6, 6.07) is 10.8. The van der Waals surface area contributed by atoms with E-state index in [2.05, 4.69) is 20.8 Å². The van der Waals surface area contributed by atoms with Gasteiger partial charge in [-0.15, -0.1) is 10.2 Å². The lowest BCUT2D eigenvalue weighted by molar-refractivity contribution is -0.137. The van der Waals surface area contributed by atoms with E-state index >= 15 is 0 Å². The molecule has 0 bridgehead atoms. The highest BCUT2D eigenvalue weighted by molar-refractivity contribution is 7.99. The Hall–Kier alpha value is -4.83. The number of aromatic nitrogens is 3. The standard InChI is InChI=1S/C33H35ClF3N5O7S/c1-6-47-26-13-19(14-27(48-7-2)30(26)49-8-3)31(44)38-17-28-40-41-32(42(28)24-16-21(45-4)10-12-25(24)46-5)50-18-29(43)39-23-15-20(33(35,36)37)9-11-22(23)34/h9-16H,6-8,17-18H2,1-5H3,(H,38,44)(H,39,43). The van der Waals surface area contributed by atoms with Gasteiger partial charge in [0.2, 0.25) is 11.7 Å². The van der Waals surface area contributed by atoms with Crippen LogP contribution in [0, 0.1) is 0 Å². The van der Waals surface area contributed by atoms with Gasteiger partial charge in [0.1, 0.15) is 11.5 Å². The summed E-state index contributed by atoms with van der Waals surface area (Å²) in [6.07, 6.45) is -4.62. The molecule has 0 aliphatic carbocycles. The van der Waals surface area contributed by atoms with Gasteiger partial charge < -0.3 is 34.3 Å². The number of nitrogens with one attached hydrogen (secondary N) is 2. The van der Waals surface area contributed by atoms with Crippen LogP contribution in [-0.4, -0.2) is 66.4 Å². The molecular formula is C33H35ClF3N5O7S. The van der Waals surface area contributed by atoms with Crippen LogP contribution in [0.2, 0.25) is 5.02 Å². The zero-order valence-corrected chi connectivity index (χ0v) is 29.3. The van der Waals surface area contributed by atoms with Crippen LogP contribution in [0.3, 0.4) is 0 Å². The van der Waals surface area contributed by atoms with Gasteiger partial charge in [0, 0.05) is 11.6 Å². The largest absolute Gasteiger partial charge is 0.497 e. The molecule has 2 N–H and O–H groups in total. The van der Waals surface area contributed by atoms with Gasteiger partial charge in [0.05, 0.1) is 68.3 Å². The summed E-state index contributed by atoms with van der Waals surface area (Å²) < 4.78 is 69.5. The molecule has 0 atom stereocenters. The fourth-order valence-electron chi connectivity index (χ4n) is 4.62. The van der Waals surface area contributed by atoms with E-state index in [1.165, 1.54) is 14.2 Å². The topological polar surface area (TPSA) is 135 Å². The van der Waals surface area contributed by atoms with Crippen LogP contribution in [0.15, 0.2) is 53.7 Å². The Bertz CT molecular complexity index is 1800. The summed E-state index contributed by atoms with van der Waals surface area (Å²) in [5, 5.41) is 13.9. The van der Waals surface area contributed by atoms with Crippen LogP contribution in [0.1, 0.15) is 42.5 Å². The van der Waals surface area contributed by atoms with Crippen LogP contribution in [0.4, 0.5) is 18.9 Å². The van der Waals surface area contributed by atoms with Gasteiger partial charge in [-0.2, -0.15) is 13.2 Å². The monoisotopic (exact) mass is 737 g/mol. The van der Waals surface area contributed by atoms with Crippen molar-refractivity contribution in [1.29, 1.82) is 0 Å². The van der Waals surface area contributed by atoms with Gasteiger partial charge in [-0.25, -0.2) is 0 Å². The normalized spacial score (nSPS) is 11.1. The zero-order valence-electron chi connectivity index (χ0n) is 27.8. The predicted molar refractivity (Wildman–Crippen MR) is 181 cm³/mol. The Balaban J connectivity index is 1.63. The van der Waals surface area contributed by atoms with Crippen molar-refractivity contribution in [2.45, 2.75) is 38.6 Å². The molecule has 0 spiro atoms. The number of carbonyl (C=O) groups excluding carboxylic acids is 2. The van der Waals surface area contributed by atoms with Crippen molar-refractivity contribution < 1.29 is 46.4 Å². The highest BCUT2D eigenvalue weighted by Gasteiger charge is 2.31. The molecular weight excluding hydrogens is 703 g/mol. The van der Waals surface area contributed by atoms with Crippen molar-refractivity contribution in [1.82, 2.24) is 20.1 Å². The summed E-state index contributed by atoms with van der Waals surface area (Å²) in [6.45, 7) is 6.33. The van der Waals surface area contributed by atoms with E-state index in [4.69, 9.17) is 35.3 Å². The molecule has 4 aromatic rings. The summed E-state index contributed by atoms with van der Waals surface area (Å²) in [4.78, 5) is 26.4. The maximum Gasteiger partial charge on any atom is 0.416 e. The molecule has 0 saturated carbocycles. The van der Waals surface area contributed by atoms with Gasteiger partial charge in [-0.1, -0.05) is 23.4 Å². The number of ether oxygens (including phenoxy) is 5. The number of hydrogen-bond acceptors (Lipinski definition) is 10. The molecule has 0 aliphatic rings. The second-order valence-corrected chi connectivity index (χ2v) is 11.4. The van der Waals surface area contributed by atoms with E-state index < -0.39 is 23.6 Å². The summed E-state index contributed by atoms with van der Waals surface area (Å²) in [5.41, 5.74) is -0.483. The number of benzene rings is 3. The highest BCUT2D eigenvalue weighted by atomic mass is 35.5. The van der Waals surface area contributed by atoms with Crippen molar-refractivity contribution >= 4 is 40.9 Å². The van der Waals surface area contributed by atoms with Gasteiger partial charge in [0.15, 0.2) is 22.5 Å². The maximum absolute atomic E-state index is 13.5. The molecule has 0 fully saturated rings. The average Bonchev–Trinajstić information content (AvgIpc) is 3.50. The van der Waals surface area contributed by atoms with E-state index in [1.54, 1.807) is 34.9 Å². The van der Waals surface area contributed by atoms with Crippen LogP contribution in [0.5, 0.6) is 28.7 Å². The van der Waals surface area contributed by atoms with Crippen LogP contribution < -0.4 is 34.3 Å². The number of halogens is 4. The van der Waals surface area contributed by atoms with Crippen molar-refractivity contribution in [3.63, 3.8) is 0 Å². The fraction of sp³-hybridized carbons (Fsp3) is 0.333. The van der Waals surface area contributed by atoms with E-state index in [9.17, 15) is 22.8 Å². The first-order chi connectivity index (χ1) is 23.9. The van der Waals surface area contributed by atoms with Gasteiger partial charge >= 0.3 is 6.18 Å². The molecule has 0 unspecified atom stereocenters. The van der Waals surface area contributed by atoms with Gasteiger partial charge in [-0.3, -0.25) is 14.2 Å². The van der Waals surface area contributed by atoms with Gasteiger partial charge in [-0.05, 0) is 63.2 Å². The zero-order chi connectivity index (χ0) is 36.4. The van der Waals surface area contributed by atoms with Crippen molar-refractivity contribution in [3.05, 3.63) is 70.5 Å². The minimum Gasteiger partial charge on any atom is -0.497 e. The summed E-state index contributed by atoms with van der Waals surface area (Å²) in [5.74, 6) is 0.797. The average molecular weight is 738 g/mol. The Morgan fingerprint density at radius 2 is 1.56 bits per heavy atom. The van der Waals surface area contributed by atoms with Crippen molar-refractivity contribution in [2.24, 2.45) is 0 Å².